The third kappa shape index (κ3) is 2.20. The van der Waals surface area contributed by atoms with Crippen LogP contribution in [0.15, 0.2) is 0 Å². The van der Waals surface area contributed by atoms with E-state index in [2.05, 4.69) is 32.8 Å². The van der Waals surface area contributed by atoms with Crippen molar-refractivity contribution in [1.29, 1.82) is 0 Å². The van der Waals surface area contributed by atoms with Crippen LogP contribution in [0.3, 0.4) is 0 Å². The molecule has 0 unspecified atom stereocenters. The van der Waals surface area contributed by atoms with Gasteiger partial charge in [-0.25, -0.2) is 4.68 Å². The second-order valence-corrected chi connectivity index (χ2v) is 3.76. The zero-order valence-electron chi connectivity index (χ0n) is 8.64. The number of tetrazole rings is 1. The number of hydrogen-bond donors (Lipinski definition) is 1. The van der Waals surface area contributed by atoms with Gasteiger partial charge in [0.25, 0.3) is 0 Å². The molecular weight excluding hydrogens is 180 g/mol. The second-order valence-electron chi connectivity index (χ2n) is 3.76. The molecule has 1 aliphatic carbocycles. The highest BCUT2D eigenvalue weighted by Gasteiger charge is 2.25. The topological polar surface area (TPSA) is 58.9 Å². The van der Waals surface area contributed by atoms with Crippen molar-refractivity contribution in [2.45, 2.75) is 18.9 Å². The monoisotopic (exact) mass is 196 g/mol. The first-order valence-corrected chi connectivity index (χ1v) is 4.94. The van der Waals surface area contributed by atoms with Gasteiger partial charge in [-0.2, -0.15) is 0 Å². The molecule has 2 rings (SSSR count). The molecule has 1 aromatic rings. The van der Waals surface area contributed by atoms with Crippen molar-refractivity contribution in [2.24, 2.45) is 7.05 Å². The van der Waals surface area contributed by atoms with Gasteiger partial charge in [-0.1, -0.05) is 5.10 Å². The van der Waals surface area contributed by atoms with E-state index >= 15 is 0 Å². The molecule has 78 valence electrons. The normalized spacial score (nSPS) is 16.2. The minimum absolute atomic E-state index is 0.731. The average molecular weight is 196 g/mol. The predicted octanol–water partition coefficient (Wildman–Crippen LogP) is -0.284. The van der Waals surface area contributed by atoms with Crippen LogP contribution in [0.25, 0.3) is 0 Å². The summed E-state index contributed by atoms with van der Waals surface area (Å²) in [6.07, 6.45) is 2.70. The molecular formula is C8H16N6. The lowest BCUT2D eigenvalue weighted by Gasteiger charge is -2.15. The van der Waals surface area contributed by atoms with Gasteiger partial charge in [0.2, 0.25) is 5.95 Å². The SMILES string of the molecule is CN(CCNc1nnnn1C)C1CC1. The molecule has 0 spiro atoms. The Morgan fingerprint density at radius 1 is 1.57 bits per heavy atom. The van der Waals surface area contributed by atoms with Crippen molar-refractivity contribution in [1.82, 2.24) is 25.1 Å². The zero-order chi connectivity index (χ0) is 9.97. The zero-order valence-corrected chi connectivity index (χ0v) is 8.64. The van der Waals surface area contributed by atoms with Crippen molar-refractivity contribution < 1.29 is 0 Å². The predicted molar refractivity (Wildman–Crippen MR) is 52.9 cm³/mol. The molecule has 6 heteroatoms. The van der Waals surface area contributed by atoms with E-state index in [0.29, 0.717) is 0 Å². The maximum atomic E-state index is 3.85. The van der Waals surface area contributed by atoms with E-state index in [1.807, 2.05) is 7.05 Å². The molecule has 1 heterocycles. The average Bonchev–Trinajstić information content (AvgIpc) is 2.93. The number of anilines is 1. The Bertz CT molecular complexity index is 292. The maximum absolute atomic E-state index is 3.85. The quantitative estimate of drug-likeness (QED) is 0.701. The number of nitrogens with zero attached hydrogens (tertiary/aromatic N) is 5. The third-order valence-electron chi connectivity index (χ3n) is 2.54. The van der Waals surface area contributed by atoms with Gasteiger partial charge in [0, 0.05) is 26.2 Å². The summed E-state index contributed by atoms with van der Waals surface area (Å²) in [6.45, 7) is 1.93. The highest BCUT2D eigenvalue weighted by molar-refractivity contribution is 5.20. The summed E-state index contributed by atoms with van der Waals surface area (Å²) >= 11 is 0. The Morgan fingerprint density at radius 2 is 2.36 bits per heavy atom. The van der Waals surface area contributed by atoms with Crippen molar-refractivity contribution in [3.8, 4) is 0 Å². The summed E-state index contributed by atoms with van der Waals surface area (Å²) in [5.74, 6) is 0.731. The Labute approximate surface area is 83.3 Å². The summed E-state index contributed by atoms with van der Waals surface area (Å²) in [5.41, 5.74) is 0. The number of rotatable bonds is 5. The van der Waals surface area contributed by atoms with Gasteiger partial charge in [-0.15, -0.1) is 0 Å². The molecule has 0 aromatic carbocycles. The van der Waals surface area contributed by atoms with Gasteiger partial charge in [-0.3, -0.25) is 0 Å². The molecule has 0 atom stereocenters. The number of aromatic nitrogens is 4. The summed E-state index contributed by atoms with van der Waals surface area (Å²) in [5, 5.41) is 14.3. The first-order chi connectivity index (χ1) is 6.77. The molecule has 1 saturated carbocycles. The van der Waals surface area contributed by atoms with Crippen molar-refractivity contribution in [2.75, 3.05) is 25.5 Å². The molecule has 6 nitrogen and oxygen atoms in total. The van der Waals surface area contributed by atoms with Gasteiger partial charge in [0.15, 0.2) is 0 Å². The van der Waals surface area contributed by atoms with Gasteiger partial charge < -0.3 is 10.2 Å². The molecule has 1 aromatic heterocycles. The highest BCUT2D eigenvalue weighted by Crippen LogP contribution is 2.24. The summed E-state index contributed by atoms with van der Waals surface area (Å²) < 4.78 is 1.64. The summed E-state index contributed by atoms with van der Waals surface area (Å²) in [7, 11) is 3.99. The van der Waals surface area contributed by atoms with E-state index in [1.54, 1.807) is 4.68 Å². The van der Waals surface area contributed by atoms with Crippen LogP contribution < -0.4 is 5.32 Å². The number of likely N-dealkylation sites (N-methyl/N-ethyl adjacent to an activating group) is 1. The van der Waals surface area contributed by atoms with Crippen molar-refractivity contribution in [3.05, 3.63) is 0 Å². The maximum Gasteiger partial charge on any atom is 0.242 e. The molecule has 1 aliphatic rings. The Kier molecular flexibility index (Phi) is 2.62. The molecule has 14 heavy (non-hydrogen) atoms. The van der Waals surface area contributed by atoms with Gasteiger partial charge >= 0.3 is 0 Å². The first kappa shape index (κ1) is 9.39. The Hall–Kier alpha value is -1.17. The Balaban J connectivity index is 1.69. The van der Waals surface area contributed by atoms with Gasteiger partial charge in [0.05, 0.1) is 0 Å². The highest BCUT2D eigenvalue weighted by atomic mass is 15.6. The van der Waals surface area contributed by atoms with Crippen LogP contribution in [0.4, 0.5) is 5.95 Å². The van der Waals surface area contributed by atoms with E-state index < -0.39 is 0 Å². The van der Waals surface area contributed by atoms with E-state index in [4.69, 9.17) is 0 Å². The number of nitrogens with one attached hydrogen (secondary N) is 1. The van der Waals surface area contributed by atoms with Gasteiger partial charge in [0.1, 0.15) is 0 Å². The molecule has 1 N–H and O–H groups in total. The van der Waals surface area contributed by atoms with Crippen LogP contribution in [0, 0.1) is 0 Å². The largest absolute Gasteiger partial charge is 0.352 e. The van der Waals surface area contributed by atoms with Crippen LogP contribution in [-0.4, -0.2) is 51.3 Å². The fourth-order valence-electron chi connectivity index (χ4n) is 1.42. The fraction of sp³-hybridized carbons (Fsp3) is 0.875. The molecule has 0 bridgehead atoms. The molecule has 0 aliphatic heterocycles. The standard InChI is InChI=1S/C8H16N6/c1-13(7-3-4-7)6-5-9-8-10-11-12-14(8)2/h7H,3-6H2,1-2H3,(H,9,10,12). The molecule has 0 radical (unpaired) electrons. The third-order valence-corrected chi connectivity index (χ3v) is 2.54. The number of aryl methyl sites for hydroxylation is 1. The number of hydrogen-bond acceptors (Lipinski definition) is 5. The van der Waals surface area contributed by atoms with Crippen LogP contribution in [0.1, 0.15) is 12.8 Å². The lowest BCUT2D eigenvalue weighted by atomic mass is 10.5. The lowest BCUT2D eigenvalue weighted by Crippen LogP contribution is -2.27. The summed E-state index contributed by atoms with van der Waals surface area (Å²) in [4.78, 5) is 2.37. The first-order valence-electron chi connectivity index (χ1n) is 4.94. The summed E-state index contributed by atoms with van der Waals surface area (Å²) in [6, 6.07) is 0.814. The van der Waals surface area contributed by atoms with E-state index in [-0.39, 0.29) is 0 Å². The van der Waals surface area contributed by atoms with E-state index in [1.165, 1.54) is 12.8 Å². The van der Waals surface area contributed by atoms with Gasteiger partial charge in [-0.05, 0) is 30.3 Å². The minimum Gasteiger partial charge on any atom is -0.352 e. The van der Waals surface area contributed by atoms with E-state index in [0.717, 1.165) is 25.1 Å². The molecule has 0 amide bonds. The molecule has 1 fully saturated rings. The van der Waals surface area contributed by atoms with Crippen LogP contribution in [-0.2, 0) is 7.05 Å². The van der Waals surface area contributed by atoms with Crippen molar-refractivity contribution in [3.63, 3.8) is 0 Å². The van der Waals surface area contributed by atoms with Crippen LogP contribution >= 0.6 is 0 Å². The lowest BCUT2D eigenvalue weighted by molar-refractivity contribution is 0.337. The molecule has 0 saturated heterocycles. The van der Waals surface area contributed by atoms with E-state index in [9.17, 15) is 0 Å². The Morgan fingerprint density at radius 3 is 2.93 bits per heavy atom. The van der Waals surface area contributed by atoms with Crippen molar-refractivity contribution >= 4 is 5.95 Å². The van der Waals surface area contributed by atoms with Crippen LogP contribution in [0.5, 0.6) is 0 Å². The smallest absolute Gasteiger partial charge is 0.242 e. The second kappa shape index (κ2) is 3.91. The van der Waals surface area contributed by atoms with Crippen LogP contribution in [0.2, 0.25) is 0 Å². The minimum atomic E-state index is 0.731. The fourth-order valence-corrected chi connectivity index (χ4v) is 1.42.